The minimum Gasteiger partial charge on any atom is -0.481 e. The summed E-state index contributed by atoms with van der Waals surface area (Å²) in [4.78, 5) is 23.3. The molecule has 7 nitrogen and oxygen atoms in total. The summed E-state index contributed by atoms with van der Waals surface area (Å²) in [5.74, 6) is -1.31. The Morgan fingerprint density at radius 1 is 1.15 bits per heavy atom. The lowest BCUT2D eigenvalue weighted by Gasteiger charge is -2.27. The highest BCUT2D eigenvalue weighted by Gasteiger charge is 2.27. The second-order valence-corrected chi connectivity index (χ2v) is 9.03. The highest BCUT2D eigenvalue weighted by atomic mass is 32.2. The van der Waals surface area contributed by atoms with Crippen LogP contribution in [0, 0.1) is 12.8 Å². The molecule has 1 saturated carbocycles. The molecule has 26 heavy (non-hydrogen) atoms. The molecular weight excluding hydrogens is 356 g/mol. The van der Waals surface area contributed by atoms with E-state index in [1.54, 1.807) is 31.2 Å². The molecule has 8 heteroatoms. The molecule has 1 aromatic rings. The third kappa shape index (κ3) is 5.72. The van der Waals surface area contributed by atoms with Crippen LogP contribution in [0.2, 0.25) is 0 Å². The number of sulfone groups is 1. The van der Waals surface area contributed by atoms with Crippen molar-refractivity contribution in [3.8, 4) is 0 Å². The summed E-state index contributed by atoms with van der Waals surface area (Å²) in [5, 5.41) is 14.4. The van der Waals surface area contributed by atoms with Gasteiger partial charge in [0.1, 0.15) is 0 Å². The first kappa shape index (κ1) is 20.2. The predicted molar refractivity (Wildman–Crippen MR) is 97.7 cm³/mol. The Morgan fingerprint density at radius 3 is 2.27 bits per heavy atom. The zero-order chi connectivity index (χ0) is 19.3. The van der Waals surface area contributed by atoms with Crippen LogP contribution in [0.4, 0.5) is 4.79 Å². The average Bonchev–Trinajstić information content (AvgIpc) is 2.54. The van der Waals surface area contributed by atoms with E-state index in [-0.39, 0.29) is 22.6 Å². The Kier molecular flexibility index (Phi) is 6.63. The number of carboxylic acid groups (broad SMARTS) is 1. The zero-order valence-electron chi connectivity index (χ0n) is 15.1. The van der Waals surface area contributed by atoms with E-state index < -0.39 is 27.9 Å². The molecule has 1 aliphatic rings. The predicted octanol–water partition coefficient (Wildman–Crippen LogP) is 2.10. The summed E-state index contributed by atoms with van der Waals surface area (Å²) in [5.41, 5.74) is 0.979. The second kappa shape index (κ2) is 8.53. The standard InChI is InChI=1S/C18H26N2O5S/c1-12-3-9-16(10-4-12)26(24,25)11-13(2)19-18(23)20-15-7-5-14(6-8-15)17(21)22/h3-4,9-10,13-15H,5-8,11H2,1-2H3,(H,21,22)(H2,19,20,23). The van der Waals surface area contributed by atoms with Crippen molar-refractivity contribution < 1.29 is 23.1 Å². The summed E-state index contributed by atoms with van der Waals surface area (Å²) in [7, 11) is -3.48. The molecule has 0 bridgehead atoms. The molecule has 0 aromatic heterocycles. The van der Waals surface area contributed by atoms with Crippen LogP contribution in [0.1, 0.15) is 38.2 Å². The van der Waals surface area contributed by atoms with Gasteiger partial charge in [0, 0.05) is 12.1 Å². The number of amides is 2. The normalized spacial score (nSPS) is 21.6. The van der Waals surface area contributed by atoms with Crippen molar-refractivity contribution in [1.82, 2.24) is 10.6 Å². The average molecular weight is 382 g/mol. The highest BCUT2D eigenvalue weighted by Crippen LogP contribution is 2.24. The van der Waals surface area contributed by atoms with Crippen LogP contribution in [0.3, 0.4) is 0 Å². The molecule has 0 aliphatic heterocycles. The van der Waals surface area contributed by atoms with Gasteiger partial charge in [-0.15, -0.1) is 0 Å². The number of benzene rings is 1. The van der Waals surface area contributed by atoms with Crippen LogP contribution in [0.15, 0.2) is 29.2 Å². The van der Waals surface area contributed by atoms with E-state index in [0.29, 0.717) is 25.7 Å². The van der Waals surface area contributed by atoms with Crippen molar-refractivity contribution in [2.24, 2.45) is 5.92 Å². The van der Waals surface area contributed by atoms with Crippen LogP contribution >= 0.6 is 0 Å². The molecule has 3 N–H and O–H groups in total. The van der Waals surface area contributed by atoms with Gasteiger partial charge in [-0.05, 0) is 51.7 Å². The third-order valence-corrected chi connectivity index (χ3v) is 6.57. The summed E-state index contributed by atoms with van der Waals surface area (Å²) >= 11 is 0. The van der Waals surface area contributed by atoms with Crippen molar-refractivity contribution >= 4 is 21.8 Å². The van der Waals surface area contributed by atoms with Crippen LogP contribution < -0.4 is 10.6 Å². The molecule has 1 unspecified atom stereocenters. The molecule has 0 heterocycles. The number of carboxylic acids is 1. The van der Waals surface area contributed by atoms with Crippen LogP contribution in [-0.4, -0.2) is 43.4 Å². The smallest absolute Gasteiger partial charge is 0.315 e. The fourth-order valence-electron chi connectivity index (χ4n) is 3.15. The van der Waals surface area contributed by atoms with Gasteiger partial charge in [-0.25, -0.2) is 13.2 Å². The van der Waals surface area contributed by atoms with E-state index in [4.69, 9.17) is 5.11 Å². The minimum absolute atomic E-state index is 0.0773. The second-order valence-electron chi connectivity index (χ2n) is 7.00. The lowest BCUT2D eigenvalue weighted by atomic mass is 9.86. The summed E-state index contributed by atoms with van der Waals surface area (Å²) in [6, 6.07) is 5.58. The van der Waals surface area contributed by atoms with Gasteiger partial charge in [0.15, 0.2) is 9.84 Å². The maximum absolute atomic E-state index is 12.4. The van der Waals surface area contributed by atoms with Gasteiger partial charge < -0.3 is 15.7 Å². The first-order valence-corrected chi connectivity index (χ1v) is 10.4. The quantitative estimate of drug-likeness (QED) is 0.697. The monoisotopic (exact) mass is 382 g/mol. The molecular formula is C18H26N2O5S. The summed E-state index contributed by atoms with van der Waals surface area (Å²) < 4.78 is 24.8. The SMILES string of the molecule is Cc1ccc(S(=O)(=O)CC(C)NC(=O)NC2CCC(C(=O)O)CC2)cc1. The number of hydrogen-bond donors (Lipinski definition) is 3. The van der Waals surface area contributed by atoms with Gasteiger partial charge in [-0.2, -0.15) is 0 Å². The number of rotatable bonds is 6. The number of nitrogens with one attached hydrogen (secondary N) is 2. The third-order valence-electron chi connectivity index (χ3n) is 4.64. The van der Waals surface area contributed by atoms with Crippen LogP contribution in [0.5, 0.6) is 0 Å². The topological polar surface area (TPSA) is 113 Å². The van der Waals surface area contributed by atoms with Crippen LogP contribution in [-0.2, 0) is 14.6 Å². The molecule has 2 amide bonds. The van der Waals surface area contributed by atoms with Crippen molar-refractivity contribution in [2.75, 3.05) is 5.75 Å². The number of urea groups is 1. The lowest BCUT2D eigenvalue weighted by Crippen LogP contribution is -2.48. The maximum atomic E-state index is 12.4. The van der Waals surface area contributed by atoms with Gasteiger partial charge >= 0.3 is 12.0 Å². The van der Waals surface area contributed by atoms with Gasteiger partial charge in [-0.1, -0.05) is 17.7 Å². The molecule has 2 rings (SSSR count). The molecule has 1 aliphatic carbocycles. The van der Waals surface area contributed by atoms with Gasteiger partial charge in [0.25, 0.3) is 0 Å². The van der Waals surface area contributed by atoms with Gasteiger partial charge in [0.2, 0.25) is 0 Å². The van der Waals surface area contributed by atoms with E-state index in [1.807, 2.05) is 6.92 Å². The molecule has 0 saturated heterocycles. The van der Waals surface area contributed by atoms with E-state index >= 15 is 0 Å². The van der Waals surface area contributed by atoms with Gasteiger partial charge in [0.05, 0.1) is 16.6 Å². The number of carbonyl (C=O) groups is 2. The molecule has 144 valence electrons. The maximum Gasteiger partial charge on any atom is 0.315 e. The van der Waals surface area contributed by atoms with Crippen molar-refractivity contribution in [3.63, 3.8) is 0 Å². The summed E-state index contributed by atoms with van der Waals surface area (Å²) in [6.07, 6.45) is 2.30. The number of aliphatic carboxylic acids is 1. The fraction of sp³-hybridized carbons (Fsp3) is 0.556. The van der Waals surface area contributed by atoms with E-state index in [9.17, 15) is 18.0 Å². The Bertz CT molecular complexity index is 737. The van der Waals surface area contributed by atoms with Crippen LogP contribution in [0.25, 0.3) is 0 Å². The Labute approximate surface area is 154 Å². The Hall–Kier alpha value is -2.09. The zero-order valence-corrected chi connectivity index (χ0v) is 15.9. The van der Waals surface area contributed by atoms with Crippen molar-refractivity contribution in [2.45, 2.75) is 56.5 Å². The van der Waals surface area contributed by atoms with Gasteiger partial charge in [-0.3, -0.25) is 4.79 Å². The van der Waals surface area contributed by atoms with E-state index in [1.165, 1.54) is 0 Å². The molecule has 1 fully saturated rings. The Morgan fingerprint density at radius 2 is 1.73 bits per heavy atom. The molecule has 0 radical (unpaired) electrons. The summed E-state index contributed by atoms with van der Waals surface area (Å²) in [6.45, 7) is 3.53. The minimum atomic E-state index is -3.48. The first-order chi connectivity index (χ1) is 12.2. The van der Waals surface area contributed by atoms with E-state index in [2.05, 4.69) is 10.6 Å². The fourth-order valence-corrected chi connectivity index (χ4v) is 4.63. The Balaban J connectivity index is 1.82. The molecule has 0 spiro atoms. The molecule has 1 aromatic carbocycles. The number of hydrogen-bond acceptors (Lipinski definition) is 4. The lowest BCUT2D eigenvalue weighted by molar-refractivity contribution is -0.142. The van der Waals surface area contributed by atoms with Crippen molar-refractivity contribution in [3.05, 3.63) is 29.8 Å². The first-order valence-electron chi connectivity index (χ1n) is 8.76. The molecule has 1 atom stereocenters. The highest BCUT2D eigenvalue weighted by molar-refractivity contribution is 7.91. The number of aryl methyl sites for hydroxylation is 1. The largest absolute Gasteiger partial charge is 0.481 e. The van der Waals surface area contributed by atoms with Crippen molar-refractivity contribution in [1.29, 1.82) is 0 Å². The van der Waals surface area contributed by atoms with E-state index in [0.717, 1.165) is 5.56 Å². The number of carbonyl (C=O) groups excluding carboxylic acids is 1.